The summed E-state index contributed by atoms with van der Waals surface area (Å²) in [4.78, 5) is 24.0. The number of carboxylic acid groups (broad SMARTS) is 1. The van der Waals surface area contributed by atoms with Crippen molar-refractivity contribution in [2.75, 3.05) is 44.5 Å². The Balaban J connectivity index is 0.000000642. The third-order valence-electron chi connectivity index (χ3n) is 8.93. The van der Waals surface area contributed by atoms with Crippen molar-refractivity contribution in [2.24, 2.45) is 11.8 Å². The molecule has 352 valence electrons. The Bertz CT molecular complexity index is 2170. The van der Waals surface area contributed by atoms with Crippen LogP contribution in [0.2, 0.25) is 0 Å². The molecule has 2 N–H and O–H groups in total. The van der Waals surface area contributed by atoms with Crippen molar-refractivity contribution in [1.29, 1.82) is 10.5 Å². The van der Waals surface area contributed by atoms with Crippen LogP contribution in [0, 0.1) is 48.3 Å². The first-order valence-electron chi connectivity index (χ1n) is 19.9. The molecule has 0 radical (unpaired) electrons. The van der Waals surface area contributed by atoms with Crippen LogP contribution in [0.25, 0.3) is 0 Å². The van der Waals surface area contributed by atoms with Gasteiger partial charge in [-0.25, -0.2) is 9.59 Å². The van der Waals surface area contributed by atoms with Crippen molar-refractivity contribution < 1.29 is 89.1 Å². The number of thioether (sulfide) groups is 2. The Hall–Kier alpha value is -5.16. The van der Waals surface area contributed by atoms with Crippen molar-refractivity contribution in [3.8, 4) is 35.1 Å². The number of rotatable bonds is 23. The largest absolute Gasteiger partial charge is 1.00 e. The summed E-state index contributed by atoms with van der Waals surface area (Å²) in [6, 6.07) is 24.4. The third-order valence-corrected chi connectivity index (χ3v) is 11.4. The van der Waals surface area contributed by atoms with E-state index in [1.807, 2.05) is 38.1 Å². The number of aryl methyl sites for hydroxylation is 2. The van der Waals surface area contributed by atoms with Crippen LogP contribution in [-0.4, -0.2) is 67.1 Å². The molecule has 11 nitrogen and oxygen atoms in total. The van der Waals surface area contributed by atoms with Crippen LogP contribution in [0.3, 0.4) is 0 Å². The maximum atomic E-state index is 12.7. The second-order valence-electron chi connectivity index (χ2n) is 14.0. The fraction of sp³-hybridized carbons (Fsp3) is 0.391. The molecule has 0 fully saturated rings. The number of hydrogen-bond acceptors (Lipinski definition) is 12. The number of carboxylic acids is 1. The molecule has 0 aromatic heterocycles. The first kappa shape index (κ1) is 58.9. The molecule has 2 unspecified atom stereocenters. The van der Waals surface area contributed by atoms with Gasteiger partial charge in [0.05, 0.1) is 43.1 Å². The molecule has 0 amide bonds. The Kier molecular flexibility index (Phi) is 26.9. The molecule has 4 aromatic carbocycles. The van der Waals surface area contributed by atoms with Gasteiger partial charge in [0.2, 0.25) is 0 Å². The summed E-state index contributed by atoms with van der Waals surface area (Å²) < 4.78 is 103. The fourth-order valence-electron chi connectivity index (χ4n) is 5.53. The van der Waals surface area contributed by atoms with E-state index >= 15 is 0 Å². The first-order valence-corrected chi connectivity index (χ1v) is 21.8. The number of nitrogens with zero attached hydrogens (tertiary/aromatic N) is 2. The van der Waals surface area contributed by atoms with Crippen LogP contribution < -0.4 is 37.8 Å². The van der Waals surface area contributed by atoms with Gasteiger partial charge in [0.1, 0.15) is 23.0 Å². The van der Waals surface area contributed by atoms with E-state index in [0.717, 1.165) is 45.2 Å². The molecule has 2 atom stereocenters. The van der Waals surface area contributed by atoms with Crippen molar-refractivity contribution in [3.05, 3.63) is 107 Å². The van der Waals surface area contributed by atoms with Gasteiger partial charge in [-0.1, -0.05) is 0 Å². The van der Waals surface area contributed by atoms with Gasteiger partial charge >= 0.3 is 43.2 Å². The fourth-order valence-corrected chi connectivity index (χ4v) is 7.76. The summed E-state index contributed by atoms with van der Waals surface area (Å²) in [5, 5.41) is 26.5. The normalized spacial score (nSPS) is 11.7. The molecule has 0 heterocycles. The molecule has 4 rings (SSSR count). The number of ether oxygens (including phenoxy) is 5. The molecule has 0 saturated carbocycles. The maximum Gasteiger partial charge on any atom is 1.00 e. The molecule has 0 saturated heterocycles. The number of carbonyl (C=O) groups is 2. The number of nitriles is 2. The van der Waals surface area contributed by atoms with E-state index in [-0.39, 0.29) is 49.4 Å². The van der Waals surface area contributed by atoms with Gasteiger partial charge in [-0.15, -0.1) is 23.5 Å². The van der Waals surface area contributed by atoms with Crippen molar-refractivity contribution in [3.63, 3.8) is 0 Å². The van der Waals surface area contributed by atoms with E-state index in [1.165, 1.54) is 24.3 Å². The minimum absolute atomic E-state index is 0. The van der Waals surface area contributed by atoms with E-state index in [9.17, 15) is 35.9 Å². The molecule has 20 heteroatoms. The molecule has 0 aliphatic rings. The zero-order valence-corrected chi connectivity index (χ0v) is 38.4. The van der Waals surface area contributed by atoms with E-state index in [0.29, 0.717) is 73.4 Å². The van der Waals surface area contributed by atoms with Gasteiger partial charge < -0.3 is 34.3 Å². The predicted molar refractivity (Wildman–Crippen MR) is 232 cm³/mol. The SMILES string of the molecule is CCOC(=O)COc1ccc(SCC(CCC#N)COc2ccc(C(F)(F)F)cc2)cc1C.Cc1cc(SCC(CCC#N)COc2ccc(C(F)(F)F)cc2)ccc1OCC(=O)O.[Li+].[OH-]. The average Bonchev–Trinajstić information content (AvgIpc) is 3.25. The van der Waals surface area contributed by atoms with Crippen molar-refractivity contribution >= 4 is 35.5 Å². The molecule has 0 aliphatic heterocycles. The topological polar surface area (TPSA) is 178 Å². The van der Waals surface area contributed by atoms with E-state index < -0.39 is 42.0 Å². The number of esters is 1. The van der Waals surface area contributed by atoms with Crippen LogP contribution in [0.1, 0.15) is 54.9 Å². The van der Waals surface area contributed by atoms with Gasteiger partial charge in [-0.05, 0) is 130 Å². The zero-order chi connectivity index (χ0) is 47.1. The summed E-state index contributed by atoms with van der Waals surface area (Å²) in [5.74, 6) is 1.70. The Morgan fingerprint density at radius 2 is 1.05 bits per heavy atom. The molecule has 66 heavy (non-hydrogen) atoms. The molecule has 0 bridgehead atoms. The van der Waals surface area contributed by atoms with E-state index in [4.69, 9.17) is 39.3 Å². The summed E-state index contributed by atoms with van der Waals surface area (Å²) in [5.41, 5.74) is 0.221. The number of aliphatic carboxylic acids is 1. The van der Waals surface area contributed by atoms with Crippen LogP contribution in [0.5, 0.6) is 23.0 Å². The van der Waals surface area contributed by atoms with Crippen LogP contribution in [0.4, 0.5) is 26.3 Å². The smallest absolute Gasteiger partial charge is 0.870 e. The third kappa shape index (κ3) is 22.4. The predicted octanol–water partition coefficient (Wildman–Crippen LogP) is 8.44. The Morgan fingerprint density at radius 1 is 0.652 bits per heavy atom. The standard InChI is InChI=1S/C24H26F3NO4S.C22H22F3NO4S.Li.H2O/c1-3-30-23(29)15-32-22-11-10-21(13-17(22)2)33-16-18(5-4-12-28)14-31-20-8-6-19(7-9-20)24(25,26)27;1-15-11-19(8-9-20(15)30-13-21(27)28)31-14-16(3-2-10-26)12-29-18-6-4-17(5-7-18)22(23,24)25;;/h6-11,13,18H,3-5,14-16H2,1-2H3;4-9,11,16H,2-3,12-14H2,1H3,(H,27,28);;1H2/q;;+1;/p-1. The second kappa shape index (κ2) is 30.2. The summed E-state index contributed by atoms with van der Waals surface area (Å²) in [6.07, 6.45) is -6.85. The minimum atomic E-state index is -4.39. The average molecular weight is 959 g/mol. The molecular weight excluding hydrogens is 910 g/mol. The summed E-state index contributed by atoms with van der Waals surface area (Å²) >= 11 is 3.15. The van der Waals surface area contributed by atoms with Crippen LogP contribution >= 0.6 is 23.5 Å². The van der Waals surface area contributed by atoms with Gasteiger partial charge in [0.15, 0.2) is 13.2 Å². The van der Waals surface area contributed by atoms with E-state index in [2.05, 4.69) is 12.1 Å². The van der Waals surface area contributed by atoms with Gasteiger partial charge in [0, 0.05) is 46.0 Å². The minimum Gasteiger partial charge on any atom is -0.870 e. The van der Waals surface area contributed by atoms with Crippen LogP contribution in [0.15, 0.2) is 94.7 Å². The number of alkyl halides is 6. The Labute approximate surface area is 400 Å². The van der Waals surface area contributed by atoms with Crippen LogP contribution in [-0.2, 0) is 26.7 Å². The van der Waals surface area contributed by atoms with Gasteiger partial charge in [0.25, 0.3) is 0 Å². The maximum absolute atomic E-state index is 12.7. The molecule has 4 aromatic rings. The molecule has 0 spiro atoms. The summed E-state index contributed by atoms with van der Waals surface area (Å²) in [6.45, 7) is 5.73. The quantitative estimate of drug-likeness (QED) is 0.0325. The monoisotopic (exact) mass is 958 g/mol. The van der Waals surface area contributed by atoms with Crippen molar-refractivity contribution in [1.82, 2.24) is 0 Å². The molecule has 0 aliphatic carbocycles. The van der Waals surface area contributed by atoms with E-state index in [1.54, 1.807) is 42.6 Å². The van der Waals surface area contributed by atoms with Gasteiger partial charge in [-0.2, -0.15) is 36.9 Å². The zero-order valence-electron chi connectivity index (χ0n) is 36.7. The second-order valence-corrected chi connectivity index (χ2v) is 16.2. The van der Waals surface area contributed by atoms with Crippen molar-refractivity contribution in [2.45, 2.75) is 68.6 Å². The summed E-state index contributed by atoms with van der Waals surface area (Å²) in [7, 11) is 0. The Morgan fingerprint density at radius 3 is 1.38 bits per heavy atom. The van der Waals surface area contributed by atoms with Gasteiger partial charge in [-0.3, -0.25) is 0 Å². The number of benzene rings is 4. The molecular formula is C46H49F6LiN2O9S2. The number of halogens is 6. The number of carbonyl (C=O) groups excluding carboxylic acids is 1. The first-order chi connectivity index (χ1) is 30.4. The number of hydrogen-bond donors (Lipinski definition) is 1.